The molecule has 6 heteroatoms. The highest BCUT2D eigenvalue weighted by Gasteiger charge is 2.27. The molecule has 0 aliphatic carbocycles. The summed E-state index contributed by atoms with van der Waals surface area (Å²) in [5.41, 5.74) is -0.593. The fourth-order valence-electron chi connectivity index (χ4n) is 1.47. The summed E-state index contributed by atoms with van der Waals surface area (Å²) in [5, 5.41) is 12.8. The van der Waals surface area contributed by atoms with E-state index in [0.29, 0.717) is 0 Å². The van der Waals surface area contributed by atoms with E-state index in [9.17, 15) is 9.81 Å². The van der Waals surface area contributed by atoms with Crippen LogP contribution in [-0.4, -0.2) is 36.3 Å². The van der Waals surface area contributed by atoms with Crippen LogP contribution in [0.25, 0.3) is 0 Å². The summed E-state index contributed by atoms with van der Waals surface area (Å²) in [6.07, 6.45) is 0.907. The van der Waals surface area contributed by atoms with E-state index in [1.165, 1.54) is 0 Å². The van der Waals surface area contributed by atoms with Crippen molar-refractivity contribution < 1.29 is 0 Å². The second kappa shape index (κ2) is 7.65. The topological polar surface area (TPSA) is 82.9 Å². The minimum absolute atomic E-state index is 0.267. The third kappa shape index (κ3) is 6.20. The van der Waals surface area contributed by atoms with Crippen molar-refractivity contribution in [1.29, 1.82) is 0 Å². The Kier molecular flexibility index (Phi) is 7.29. The first-order valence-electron chi connectivity index (χ1n) is 6.82. The SMILES string of the molecule is CC(N=O)C(C)(C)NCCCNC(C)(C)C(C)N=O. The molecule has 0 aliphatic rings. The molecule has 0 spiro atoms. The molecule has 0 radical (unpaired) electrons. The summed E-state index contributed by atoms with van der Waals surface area (Å²) >= 11 is 0. The van der Waals surface area contributed by atoms with Gasteiger partial charge in [-0.3, -0.25) is 0 Å². The monoisotopic (exact) mass is 272 g/mol. The number of nitroso groups, excluding NO2 is 2. The van der Waals surface area contributed by atoms with Gasteiger partial charge in [0.1, 0.15) is 12.1 Å². The molecule has 0 saturated carbocycles. The van der Waals surface area contributed by atoms with Crippen LogP contribution in [0.15, 0.2) is 10.4 Å². The van der Waals surface area contributed by atoms with E-state index in [1.807, 2.05) is 27.7 Å². The van der Waals surface area contributed by atoms with Gasteiger partial charge in [0.25, 0.3) is 0 Å². The van der Waals surface area contributed by atoms with Gasteiger partial charge in [0.15, 0.2) is 0 Å². The summed E-state index contributed by atoms with van der Waals surface area (Å²) in [4.78, 5) is 21.1. The summed E-state index contributed by atoms with van der Waals surface area (Å²) in [6, 6.07) is -0.535. The molecule has 0 rings (SSSR count). The van der Waals surface area contributed by atoms with Crippen LogP contribution in [0.3, 0.4) is 0 Å². The maximum atomic E-state index is 10.5. The van der Waals surface area contributed by atoms with Crippen molar-refractivity contribution in [1.82, 2.24) is 10.6 Å². The van der Waals surface area contributed by atoms with E-state index in [1.54, 1.807) is 13.8 Å². The van der Waals surface area contributed by atoms with Crippen molar-refractivity contribution in [2.75, 3.05) is 13.1 Å². The van der Waals surface area contributed by atoms with Crippen molar-refractivity contribution in [3.63, 3.8) is 0 Å². The molecule has 2 unspecified atom stereocenters. The Morgan fingerprint density at radius 2 is 1.16 bits per heavy atom. The number of nitrogens with zero attached hydrogens (tertiary/aromatic N) is 2. The molecule has 0 heterocycles. The summed E-state index contributed by atoms with van der Waals surface area (Å²) in [6.45, 7) is 13.1. The molecule has 112 valence electrons. The minimum atomic E-state index is -0.297. The standard InChI is InChI=1S/C13H28N4O2/c1-10(16-18)12(3,4)14-8-7-9-15-13(5,6)11(2)17-19/h10-11,14-15H,7-9H2,1-6H3. The van der Waals surface area contributed by atoms with Gasteiger partial charge < -0.3 is 10.6 Å². The molecule has 0 fully saturated rings. The Hall–Kier alpha value is -0.880. The Labute approximate surface area is 116 Å². The quantitative estimate of drug-likeness (QED) is 0.472. The fourth-order valence-corrected chi connectivity index (χ4v) is 1.47. The minimum Gasteiger partial charge on any atom is -0.310 e. The zero-order chi connectivity index (χ0) is 15.1. The van der Waals surface area contributed by atoms with Gasteiger partial charge >= 0.3 is 0 Å². The van der Waals surface area contributed by atoms with E-state index in [0.717, 1.165) is 19.5 Å². The van der Waals surface area contributed by atoms with Gasteiger partial charge in [-0.1, -0.05) is 10.4 Å². The zero-order valence-corrected chi connectivity index (χ0v) is 13.0. The molecule has 0 amide bonds. The van der Waals surface area contributed by atoms with Crippen LogP contribution in [-0.2, 0) is 0 Å². The molecule has 0 aromatic rings. The Morgan fingerprint density at radius 3 is 1.42 bits per heavy atom. The van der Waals surface area contributed by atoms with Crippen molar-refractivity contribution in [2.24, 2.45) is 10.4 Å². The first-order chi connectivity index (χ1) is 8.67. The maximum Gasteiger partial charge on any atom is 0.107 e. The molecule has 19 heavy (non-hydrogen) atoms. The van der Waals surface area contributed by atoms with Crippen molar-refractivity contribution >= 4 is 0 Å². The first-order valence-corrected chi connectivity index (χ1v) is 6.82. The van der Waals surface area contributed by atoms with Crippen LogP contribution in [0.1, 0.15) is 48.0 Å². The first kappa shape index (κ1) is 18.1. The van der Waals surface area contributed by atoms with E-state index in [2.05, 4.69) is 21.0 Å². The average Bonchev–Trinajstić information content (AvgIpc) is 2.35. The Morgan fingerprint density at radius 1 is 0.842 bits per heavy atom. The van der Waals surface area contributed by atoms with Gasteiger partial charge in [0.2, 0.25) is 0 Å². The highest BCUT2D eigenvalue weighted by Crippen LogP contribution is 2.13. The lowest BCUT2D eigenvalue weighted by Crippen LogP contribution is -2.50. The number of hydrogen-bond acceptors (Lipinski definition) is 6. The lowest BCUT2D eigenvalue weighted by Gasteiger charge is -2.30. The molecular weight excluding hydrogens is 244 g/mol. The molecule has 2 N–H and O–H groups in total. The van der Waals surface area contributed by atoms with Crippen LogP contribution in [0.2, 0.25) is 0 Å². The lowest BCUT2D eigenvalue weighted by atomic mass is 9.96. The fraction of sp³-hybridized carbons (Fsp3) is 1.00. The molecule has 0 saturated heterocycles. The average molecular weight is 272 g/mol. The van der Waals surface area contributed by atoms with E-state index in [4.69, 9.17) is 0 Å². The maximum absolute atomic E-state index is 10.5. The lowest BCUT2D eigenvalue weighted by molar-refractivity contribution is 0.310. The smallest absolute Gasteiger partial charge is 0.107 e. The number of rotatable bonds is 10. The van der Waals surface area contributed by atoms with E-state index in [-0.39, 0.29) is 23.2 Å². The molecule has 0 aromatic heterocycles. The van der Waals surface area contributed by atoms with Gasteiger partial charge in [-0.25, -0.2) is 0 Å². The molecule has 2 atom stereocenters. The van der Waals surface area contributed by atoms with E-state index >= 15 is 0 Å². The molecule has 6 nitrogen and oxygen atoms in total. The summed E-state index contributed by atoms with van der Waals surface area (Å²) in [5.74, 6) is 0. The van der Waals surface area contributed by atoms with E-state index < -0.39 is 0 Å². The zero-order valence-electron chi connectivity index (χ0n) is 13.0. The second-order valence-corrected chi connectivity index (χ2v) is 6.21. The van der Waals surface area contributed by atoms with Crippen LogP contribution in [0.5, 0.6) is 0 Å². The predicted molar refractivity (Wildman–Crippen MR) is 79.3 cm³/mol. The largest absolute Gasteiger partial charge is 0.310 e. The molecular formula is C13H28N4O2. The number of nitrogens with one attached hydrogen (secondary N) is 2. The molecule has 0 aliphatic heterocycles. The van der Waals surface area contributed by atoms with Crippen LogP contribution in [0, 0.1) is 9.81 Å². The van der Waals surface area contributed by atoms with Gasteiger partial charge in [-0.2, -0.15) is 9.81 Å². The van der Waals surface area contributed by atoms with Crippen LogP contribution in [0.4, 0.5) is 0 Å². The van der Waals surface area contributed by atoms with Crippen molar-refractivity contribution in [3.05, 3.63) is 9.81 Å². The van der Waals surface area contributed by atoms with Crippen LogP contribution >= 0.6 is 0 Å². The van der Waals surface area contributed by atoms with Gasteiger partial charge in [-0.15, -0.1) is 0 Å². The van der Waals surface area contributed by atoms with Crippen LogP contribution < -0.4 is 10.6 Å². The predicted octanol–water partition coefficient (Wildman–Crippen LogP) is 2.42. The third-order valence-electron chi connectivity index (χ3n) is 3.92. The summed E-state index contributed by atoms with van der Waals surface area (Å²) < 4.78 is 0. The van der Waals surface area contributed by atoms with Crippen molar-refractivity contribution in [2.45, 2.75) is 71.1 Å². The third-order valence-corrected chi connectivity index (χ3v) is 3.92. The van der Waals surface area contributed by atoms with Gasteiger partial charge in [0, 0.05) is 11.1 Å². The number of hydrogen-bond donors (Lipinski definition) is 2. The second-order valence-electron chi connectivity index (χ2n) is 6.21. The summed E-state index contributed by atoms with van der Waals surface area (Å²) in [7, 11) is 0. The highest BCUT2D eigenvalue weighted by molar-refractivity contribution is 4.89. The molecule has 0 aromatic carbocycles. The Balaban J connectivity index is 3.94. The normalized spacial score (nSPS) is 15.9. The van der Waals surface area contributed by atoms with Gasteiger partial charge in [0.05, 0.1) is 0 Å². The van der Waals surface area contributed by atoms with Gasteiger partial charge in [-0.05, 0) is 61.1 Å². The molecule has 0 bridgehead atoms. The Bertz CT molecular complexity index is 264. The van der Waals surface area contributed by atoms with Crippen molar-refractivity contribution in [3.8, 4) is 0 Å². The highest BCUT2D eigenvalue weighted by atomic mass is 16.3.